The molecule has 66 valence electrons. The van der Waals surface area contributed by atoms with E-state index in [1.54, 1.807) is 0 Å². The largest absolute Gasteiger partial charge is 0.294 e. The zero-order valence-corrected chi connectivity index (χ0v) is 8.05. The van der Waals surface area contributed by atoms with Crippen LogP contribution in [0, 0.1) is 5.92 Å². The van der Waals surface area contributed by atoms with Gasteiger partial charge in [0, 0.05) is 6.42 Å². The first kappa shape index (κ1) is 9.24. The molecule has 0 bridgehead atoms. The molecule has 0 fully saturated rings. The van der Waals surface area contributed by atoms with E-state index in [0.29, 0.717) is 18.1 Å². The van der Waals surface area contributed by atoms with E-state index in [1.165, 1.54) is 5.57 Å². The molecule has 0 aromatic carbocycles. The van der Waals surface area contributed by atoms with Crippen LogP contribution in [0.15, 0.2) is 23.3 Å². The number of hydrogen-bond acceptors (Lipinski definition) is 1. The summed E-state index contributed by atoms with van der Waals surface area (Å²) in [5.41, 5.74) is 2.23. The van der Waals surface area contributed by atoms with E-state index in [0.717, 1.165) is 12.0 Å². The summed E-state index contributed by atoms with van der Waals surface area (Å²) in [6.45, 7) is 6.28. The molecular weight excluding hydrogens is 148 g/mol. The van der Waals surface area contributed by atoms with Crippen molar-refractivity contribution in [1.29, 1.82) is 0 Å². The van der Waals surface area contributed by atoms with Gasteiger partial charge in [0.1, 0.15) is 0 Å². The van der Waals surface area contributed by atoms with Crippen LogP contribution in [0.4, 0.5) is 0 Å². The van der Waals surface area contributed by atoms with Crippen molar-refractivity contribution in [3.8, 4) is 0 Å². The zero-order chi connectivity index (χ0) is 9.14. The van der Waals surface area contributed by atoms with Crippen LogP contribution in [-0.4, -0.2) is 5.78 Å². The summed E-state index contributed by atoms with van der Waals surface area (Å²) in [5.74, 6) is 0.812. The Morgan fingerprint density at radius 2 is 2.08 bits per heavy atom. The van der Waals surface area contributed by atoms with Crippen LogP contribution in [-0.2, 0) is 4.79 Å². The van der Waals surface area contributed by atoms with Crippen molar-refractivity contribution in [2.75, 3.05) is 0 Å². The second-order valence-electron chi connectivity index (χ2n) is 3.54. The molecule has 1 rings (SSSR count). The molecule has 0 saturated heterocycles. The van der Waals surface area contributed by atoms with Crippen LogP contribution < -0.4 is 0 Å². The lowest BCUT2D eigenvalue weighted by molar-refractivity contribution is -0.115. The van der Waals surface area contributed by atoms with Crippen LogP contribution in [0.25, 0.3) is 0 Å². The molecule has 1 nitrogen and oxygen atoms in total. The van der Waals surface area contributed by atoms with E-state index in [2.05, 4.69) is 19.9 Å². The molecule has 0 aromatic heterocycles. The van der Waals surface area contributed by atoms with Gasteiger partial charge >= 0.3 is 0 Å². The monoisotopic (exact) mass is 164 g/mol. The van der Waals surface area contributed by atoms with Crippen molar-refractivity contribution in [1.82, 2.24) is 0 Å². The highest BCUT2D eigenvalue weighted by Gasteiger charge is 2.15. The molecule has 1 aliphatic carbocycles. The normalized spacial score (nSPS) is 17.8. The van der Waals surface area contributed by atoms with Crippen molar-refractivity contribution in [2.45, 2.75) is 33.6 Å². The SMILES string of the molecule is CCC1=CC=C(C(C)C)CC1=O. The minimum Gasteiger partial charge on any atom is -0.294 e. The number of ketones is 1. The third-order valence-electron chi connectivity index (χ3n) is 2.34. The number of carbonyl (C=O) groups excluding carboxylic acids is 1. The molecule has 0 radical (unpaired) electrons. The smallest absolute Gasteiger partial charge is 0.162 e. The lowest BCUT2D eigenvalue weighted by Crippen LogP contribution is -2.10. The van der Waals surface area contributed by atoms with Crippen LogP contribution in [0.3, 0.4) is 0 Å². The summed E-state index contributed by atoms with van der Waals surface area (Å²) < 4.78 is 0. The quantitative estimate of drug-likeness (QED) is 0.613. The van der Waals surface area contributed by atoms with E-state index in [9.17, 15) is 4.79 Å². The Kier molecular flexibility index (Phi) is 2.85. The van der Waals surface area contributed by atoms with Gasteiger partial charge in [0.25, 0.3) is 0 Å². The molecule has 0 unspecified atom stereocenters. The third-order valence-corrected chi connectivity index (χ3v) is 2.34. The molecule has 1 aliphatic rings. The molecule has 0 aromatic rings. The Bertz CT molecular complexity index is 244. The second-order valence-corrected chi connectivity index (χ2v) is 3.54. The zero-order valence-electron chi connectivity index (χ0n) is 8.05. The van der Waals surface area contributed by atoms with Gasteiger partial charge in [-0.25, -0.2) is 0 Å². The molecule has 0 amide bonds. The van der Waals surface area contributed by atoms with Crippen LogP contribution in [0.2, 0.25) is 0 Å². The maximum absolute atomic E-state index is 11.4. The molecule has 0 atom stereocenters. The van der Waals surface area contributed by atoms with Gasteiger partial charge in [-0.2, -0.15) is 0 Å². The van der Waals surface area contributed by atoms with Crippen LogP contribution in [0.5, 0.6) is 0 Å². The van der Waals surface area contributed by atoms with E-state index < -0.39 is 0 Å². The molecule has 12 heavy (non-hydrogen) atoms. The molecule has 0 aliphatic heterocycles. The number of carbonyl (C=O) groups is 1. The molecule has 0 N–H and O–H groups in total. The number of rotatable bonds is 2. The predicted molar refractivity (Wildman–Crippen MR) is 50.9 cm³/mol. The maximum Gasteiger partial charge on any atom is 0.162 e. The fourth-order valence-corrected chi connectivity index (χ4v) is 1.37. The minimum atomic E-state index is 0.309. The highest BCUT2D eigenvalue weighted by atomic mass is 16.1. The predicted octanol–water partition coefficient (Wildman–Crippen LogP) is 2.88. The molecule has 0 heterocycles. The molecular formula is C11H16O. The first-order valence-electron chi connectivity index (χ1n) is 4.58. The highest BCUT2D eigenvalue weighted by molar-refractivity contribution is 5.98. The fourth-order valence-electron chi connectivity index (χ4n) is 1.37. The van der Waals surface area contributed by atoms with Gasteiger partial charge in [-0.3, -0.25) is 4.79 Å². The second kappa shape index (κ2) is 3.70. The molecule has 1 heteroatoms. The van der Waals surface area contributed by atoms with E-state index in [4.69, 9.17) is 0 Å². The Morgan fingerprint density at radius 1 is 1.42 bits per heavy atom. The Balaban J connectivity index is 2.81. The highest BCUT2D eigenvalue weighted by Crippen LogP contribution is 2.22. The average molecular weight is 164 g/mol. The number of Topliss-reactive ketones (excluding diaryl/α,β-unsaturated/α-hetero) is 1. The molecule has 0 spiro atoms. The first-order chi connectivity index (χ1) is 5.65. The Labute approximate surface area is 74.2 Å². The van der Waals surface area contributed by atoms with Gasteiger partial charge in [0.05, 0.1) is 0 Å². The maximum atomic E-state index is 11.4. The first-order valence-corrected chi connectivity index (χ1v) is 4.58. The van der Waals surface area contributed by atoms with Crippen molar-refractivity contribution in [3.05, 3.63) is 23.3 Å². The number of allylic oxidation sites excluding steroid dienone is 4. The van der Waals surface area contributed by atoms with Gasteiger partial charge < -0.3 is 0 Å². The third kappa shape index (κ3) is 1.84. The van der Waals surface area contributed by atoms with Gasteiger partial charge in [-0.15, -0.1) is 0 Å². The lowest BCUT2D eigenvalue weighted by atomic mass is 9.89. The fraction of sp³-hybridized carbons (Fsp3) is 0.545. The standard InChI is InChI=1S/C11H16O/c1-4-9-5-6-10(8(2)3)7-11(9)12/h5-6,8H,4,7H2,1-3H3. The molecule has 0 saturated carbocycles. The summed E-state index contributed by atoms with van der Waals surface area (Å²) in [5, 5.41) is 0. The Hall–Kier alpha value is -0.850. The summed E-state index contributed by atoms with van der Waals surface area (Å²) in [7, 11) is 0. The van der Waals surface area contributed by atoms with E-state index in [-0.39, 0.29) is 0 Å². The van der Waals surface area contributed by atoms with E-state index in [1.807, 2.05) is 13.0 Å². The summed E-state index contributed by atoms with van der Waals surface area (Å²) >= 11 is 0. The van der Waals surface area contributed by atoms with Gasteiger partial charge in [0.2, 0.25) is 0 Å². The lowest BCUT2D eigenvalue weighted by Gasteiger charge is -2.15. The topological polar surface area (TPSA) is 17.1 Å². The van der Waals surface area contributed by atoms with Crippen molar-refractivity contribution >= 4 is 5.78 Å². The number of hydrogen-bond donors (Lipinski definition) is 0. The summed E-state index contributed by atoms with van der Waals surface area (Å²) in [6, 6.07) is 0. The summed E-state index contributed by atoms with van der Waals surface area (Å²) in [4.78, 5) is 11.4. The Morgan fingerprint density at radius 3 is 2.50 bits per heavy atom. The van der Waals surface area contributed by atoms with Crippen LogP contribution >= 0.6 is 0 Å². The van der Waals surface area contributed by atoms with Crippen molar-refractivity contribution in [2.24, 2.45) is 5.92 Å². The summed E-state index contributed by atoms with van der Waals surface area (Å²) in [6.07, 6.45) is 5.57. The van der Waals surface area contributed by atoms with Gasteiger partial charge in [-0.1, -0.05) is 38.5 Å². The van der Waals surface area contributed by atoms with Crippen molar-refractivity contribution in [3.63, 3.8) is 0 Å². The van der Waals surface area contributed by atoms with Gasteiger partial charge in [0.15, 0.2) is 5.78 Å². The minimum absolute atomic E-state index is 0.309. The van der Waals surface area contributed by atoms with Crippen LogP contribution in [0.1, 0.15) is 33.6 Å². The average Bonchev–Trinajstić information content (AvgIpc) is 2.04. The van der Waals surface area contributed by atoms with E-state index >= 15 is 0 Å². The van der Waals surface area contributed by atoms with Gasteiger partial charge in [-0.05, 0) is 17.9 Å². The van der Waals surface area contributed by atoms with Crippen molar-refractivity contribution < 1.29 is 4.79 Å².